The van der Waals surface area contributed by atoms with Crippen LogP contribution in [0.4, 0.5) is 0 Å². The molecule has 0 fully saturated rings. The minimum absolute atomic E-state index is 0.161. The Morgan fingerprint density at radius 3 is 1.50 bits per heavy atom. The van der Waals surface area contributed by atoms with Crippen LogP contribution in [0.1, 0.15) is 0 Å². The second kappa shape index (κ2) is 2.24. The van der Waals surface area contributed by atoms with Gasteiger partial charge in [-0.15, -0.1) is 0 Å². The van der Waals surface area contributed by atoms with Crippen LogP contribution in [-0.4, -0.2) is 24.0 Å². The molecule has 1 rings (SSSR count). The van der Waals surface area contributed by atoms with E-state index in [1.807, 2.05) is 0 Å². The first-order valence-electron chi connectivity index (χ1n) is 2.79. The average Bonchev–Trinajstić information content (AvgIpc) is 1.84. The Morgan fingerprint density at radius 2 is 1.20 bits per heavy atom. The van der Waals surface area contributed by atoms with Crippen LogP contribution in [0.3, 0.4) is 0 Å². The minimum atomic E-state index is -0.563. The van der Waals surface area contributed by atoms with Gasteiger partial charge >= 0.3 is 0 Å². The second-order valence-corrected chi connectivity index (χ2v) is 2.01. The van der Waals surface area contributed by atoms with Crippen LogP contribution < -0.4 is 22.9 Å². The van der Waals surface area contributed by atoms with Gasteiger partial charge in [-0.05, 0) is 0 Å². The molecule has 0 aromatic heterocycles. The maximum atomic E-state index is 5.38. The van der Waals surface area contributed by atoms with E-state index < -0.39 is 12.3 Å². The van der Waals surface area contributed by atoms with Crippen molar-refractivity contribution in [2.45, 2.75) is 12.3 Å². The lowest BCUT2D eigenvalue weighted by atomic mass is 10.3. The molecule has 1 heterocycles. The van der Waals surface area contributed by atoms with E-state index in [0.717, 1.165) is 0 Å². The van der Waals surface area contributed by atoms with Gasteiger partial charge in [0.15, 0.2) is 11.7 Å². The van der Waals surface area contributed by atoms with Gasteiger partial charge in [-0.2, -0.15) is 0 Å². The van der Waals surface area contributed by atoms with E-state index >= 15 is 0 Å². The molecule has 6 nitrogen and oxygen atoms in total. The highest BCUT2D eigenvalue weighted by Gasteiger charge is 2.17. The number of hydrogen-bond acceptors (Lipinski definition) is 6. The summed E-state index contributed by atoms with van der Waals surface area (Å²) >= 11 is 0. The number of aliphatic imine (C=N–C) groups is 2. The van der Waals surface area contributed by atoms with Gasteiger partial charge in [0, 0.05) is 0 Å². The van der Waals surface area contributed by atoms with E-state index in [-0.39, 0.29) is 11.7 Å². The van der Waals surface area contributed by atoms with Gasteiger partial charge in [0.05, 0.1) is 0 Å². The number of hydrogen-bond donors (Lipinski definition) is 4. The molecule has 6 heteroatoms. The van der Waals surface area contributed by atoms with Crippen LogP contribution in [0.25, 0.3) is 0 Å². The monoisotopic (exact) mass is 142 g/mol. The van der Waals surface area contributed by atoms with Crippen molar-refractivity contribution in [3.63, 3.8) is 0 Å². The SMILES string of the molecule is NC1=NC(N)C(N)N=C1N. The third kappa shape index (κ3) is 1.07. The normalized spacial score (nSPS) is 33.0. The Kier molecular flexibility index (Phi) is 1.56. The molecule has 0 bridgehead atoms. The van der Waals surface area contributed by atoms with Crippen LogP contribution >= 0.6 is 0 Å². The first kappa shape index (κ1) is 6.97. The number of nitrogens with zero attached hydrogens (tertiary/aromatic N) is 2. The summed E-state index contributed by atoms with van der Waals surface area (Å²) in [5, 5.41) is 0. The lowest BCUT2D eigenvalue weighted by Crippen LogP contribution is -2.48. The fraction of sp³-hybridized carbons (Fsp3) is 0.500. The Balaban J connectivity index is 2.83. The molecular weight excluding hydrogens is 132 g/mol. The highest BCUT2D eigenvalue weighted by molar-refractivity contribution is 6.39. The molecule has 8 N–H and O–H groups in total. The maximum Gasteiger partial charge on any atom is 0.163 e. The zero-order chi connectivity index (χ0) is 7.72. The van der Waals surface area contributed by atoms with Gasteiger partial charge in [0.1, 0.15) is 12.3 Å². The largest absolute Gasteiger partial charge is 0.381 e. The summed E-state index contributed by atoms with van der Waals surface area (Å²) < 4.78 is 0. The number of rotatable bonds is 0. The maximum absolute atomic E-state index is 5.38. The van der Waals surface area contributed by atoms with Crippen molar-refractivity contribution in [1.29, 1.82) is 0 Å². The molecule has 0 saturated heterocycles. The molecule has 1 aliphatic heterocycles. The van der Waals surface area contributed by atoms with Crippen LogP contribution in [0, 0.1) is 0 Å². The first-order chi connectivity index (χ1) is 4.61. The van der Waals surface area contributed by atoms with E-state index in [1.165, 1.54) is 0 Å². The summed E-state index contributed by atoms with van der Waals surface area (Å²) in [6.45, 7) is 0. The van der Waals surface area contributed by atoms with Gasteiger partial charge in [0.25, 0.3) is 0 Å². The zero-order valence-corrected chi connectivity index (χ0v) is 5.36. The number of nitrogens with two attached hydrogens (primary N) is 4. The molecule has 1 aliphatic rings. The lowest BCUT2D eigenvalue weighted by molar-refractivity contribution is 0.557. The molecule has 0 aliphatic carbocycles. The zero-order valence-electron chi connectivity index (χ0n) is 5.36. The quantitative estimate of drug-likeness (QED) is 0.293. The summed E-state index contributed by atoms with van der Waals surface area (Å²) in [7, 11) is 0. The summed E-state index contributed by atoms with van der Waals surface area (Å²) in [5.41, 5.74) is 21.3. The van der Waals surface area contributed by atoms with Crippen molar-refractivity contribution in [2.24, 2.45) is 32.9 Å². The van der Waals surface area contributed by atoms with Crippen molar-refractivity contribution in [3.05, 3.63) is 0 Å². The number of amidine groups is 2. The summed E-state index contributed by atoms with van der Waals surface area (Å²) in [4.78, 5) is 7.47. The van der Waals surface area contributed by atoms with Crippen LogP contribution in [-0.2, 0) is 0 Å². The topological polar surface area (TPSA) is 129 Å². The second-order valence-electron chi connectivity index (χ2n) is 2.01. The van der Waals surface area contributed by atoms with Crippen LogP contribution in [0.2, 0.25) is 0 Å². The van der Waals surface area contributed by atoms with Gasteiger partial charge in [-0.3, -0.25) is 0 Å². The molecule has 56 valence electrons. The van der Waals surface area contributed by atoms with Crippen molar-refractivity contribution in [3.8, 4) is 0 Å². The third-order valence-corrected chi connectivity index (χ3v) is 1.19. The van der Waals surface area contributed by atoms with Crippen molar-refractivity contribution in [2.75, 3.05) is 0 Å². The van der Waals surface area contributed by atoms with E-state index in [9.17, 15) is 0 Å². The molecule has 0 radical (unpaired) electrons. The smallest absolute Gasteiger partial charge is 0.163 e. The molecule has 10 heavy (non-hydrogen) atoms. The lowest BCUT2D eigenvalue weighted by Gasteiger charge is -2.17. The van der Waals surface area contributed by atoms with Gasteiger partial charge in [-0.25, -0.2) is 9.98 Å². The average molecular weight is 142 g/mol. The van der Waals surface area contributed by atoms with E-state index in [2.05, 4.69) is 9.98 Å². The Bertz CT molecular complexity index is 172. The summed E-state index contributed by atoms with van der Waals surface area (Å²) in [5.74, 6) is 0.323. The molecule has 0 saturated carbocycles. The Morgan fingerprint density at radius 1 is 0.900 bits per heavy atom. The molecule has 0 aromatic carbocycles. The van der Waals surface area contributed by atoms with E-state index in [0.29, 0.717) is 0 Å². The minimum Gasteiger partial charge on any atom is -0.381 e. The molecule has 0 amide bonds. The molecular formula is C4H10N6. The molecule has 2 unspecified atom stereocenters. The van der Waals surface area contributed by atoms with Crippen LogP contribution in [0.5, 0.6) is 0 Å². The van der Waals surface area contributed by atoms with Crippen molar-refractivity contribution < 1.29 is 0 Å². The third-order valence-electron chi connectivity index (χ3n) is 1.19. The molecule has 0 aromatic rings. The Labute approximate surface area is 58.0 Å². The molecule has 0 spiro atoms. The highest BCUT2D eigenvalue weighted by atomic mass is 15.2. The standard InChI is InChI=1S/C4H10N6/c5-1-2(6)10-4(8)3(7)9-1/h1-2H,5-6H2,(H2,7,9)(H2,8,10). The van der Waals surface area contributed by atoms with Gasteiger partial charge < -0.3 is 22.9 Å². The van der Waals surface area contributed by atoms with Crippen molar-refractivity contribution >= 4 is 11.7 Å². The predicted molar refractivity (Wildman–Crippen MR) is 39.2 cm³/mol. The predicted octanol–water partition coefficient (Wildman–Crippen LogP) is -2.72. The van der Waals surface area contributed by atoms with Crippen LogP contribution in [0.15, 0.2) is 9.98 Å². The summed E-state index contributed by atoms with van der Waals surface area (Å²) in [6, 6.07) is 0. The molecule has 2 atom stereocenters. The highest BCUT2D eigenvalue weighted by Crippen LogP contribution is 1.96. The van der Waals surface area contributed by atoms with E-state index in [1.54, 1.807) is 0 Å². The van der Waals surface area contributed by atoms with E-state index in [4.69, 9.17) is 22.9 Å². The first-order valence-corrected chi connectivity index (χ1v) is 2.79. The van der Waals surface area contributed by atoms with Gasteiger partial charge in [0.2, 0.25) is 0 Å². The fourth-order valence-electron chi connectivity index (χ4n) is 0.606. The Hall–Kier alpha value is -1.14. The van der Waals surface area contributed by atoms with Gasteiger partial charge in [-0.1, -0.05) is 0 Å². The van der Waals surface area contributed by atoms with Crippen molar-refractivity contribution in [1.82, 2.24) is 0 Å². The fourth-order valence-corrected chi connectivity index (χ4v) is 0.606. The summed E-state index contributed by atoms with van der Waals surface area (Å²) in [6.07, 6.45) is -1.13.